The van der Waals surface area contributed by atoms with Gasteiger partial charge in [0.2, 0.25) is 4.96 Å². The smallest absolute Gasteiger partial charge is 0.338 e. The minimum atomic E-state index is -0.575. The fourth-order valence-corrected chi connectivity index (χ4v) is 3.95. The highest BCUT2D eigenvalue weighted by molar-refractivity contribution is 7.16. The number of nitrogens with one attached hydrogen (secondary N) is 1. The zero-order valence-electron chi connectivity index (χ0n) is 16.9. The number of benzene rings is 2. The highest BCUT2D eigenvalue weighted by atomic mass is 35.5. The number of amides is 1. The molecule has 0 fully saturated rings. The molecule has 0 saturated carbocycles. The number of aryl methyl sites for hydroxylation is 1. The van der Waals surface area contributed by atoms with Crippen LogP contribution >= 0.6 is 22.9 Å². The summed E-state index contributed by atoms with van der Waals surface area (Å²) in [5.74, 6) is -0.928. The SMILES string of the molecule is CCc1nn2c(=O)cc(COC(=O)c3ccc(NC(=O)c4ccccc4Cl)cc3)nc2s1. The molecule has 0 bridgehead atoms. The van der Waals surface area contributed by atoms with Crippen molar-refractivity contribution in [2.45, 2.75) is 20.0 Å². The Bertz CT molecular complexity index is 1360. The number of rotatable bonds is 6. The molecule has 2 heterocycles. The second kappa shape index (κ2) is 9.29. The molecule has 2 aromatic heterocycles. The van der Waals surface area contributed by atoms with E-state index < -0.39 is 5.97 Å². The second-order valence-corrected chi connectivity index (χ2v) is 8.16. The molecule has 0 unspecified atom stereocenters. The number of esters is 1. The van der Waals surface area contributed by atoms with Crippen molar-refractivity contribution >= 4 is 45.5 Å². The van der Waals surface area contributed by atoms with Gasteiger partial charge in [-0.15, -0.1) is 0 Å². The van der Waals surface area contributed by atoms with Crippen molar-refractivity contribution in [1.29, 1.82) is 0 Å². The van der Waals surface area contributed by atoms with Gasteiger partial charge in [-0.2, -0.15) is 9.61 Å². The Labute approximate surface area is 191 Å². The molecule has 8 nitrogen and oxygen atoms in total. The third-order valence-corrected chi connectivity index (χ3v) is 5.87. The van der Waals surface area contributed by atoms with Crippen LogP contribution in [0.2, 0.25) is 5.02 Å². The Hall–Kier alpha value is -3.56. The van der Waals surface area contributed by atoms with Crippen LogP contribution in [0.3, 0.4) is 0 Å². The first-order chi connectivity index (χ1) is 15.4. The monoisotopic (exact) mass is 468 g/mol. The first-order valence-electron chi connectivity index (χ1n) is 9.66. The highest BCUT2D eigenvalue weighted by Gasteiger charge is 2.13. The summed E-state index contributed by atoms with van der Waals surface area (Å²) in [7, 11) is 0. The minimum Gasteiger partial charge on any atom is -0.456 e. The maximum absolute atomic E-state index is 12.4. The topological polar surface area (TPSA) is 103 Å². The number of ether oxygens (including phenoxy) is 1. The summed E-state index contributed by atoms with van der Waals surface area (Å²) in [6, 6.07) is 14.3. The summed E-state index contributed by atoms with van der Waals surface area (Å²) in [6.45, 7) is 1.80. The van der Waals surface area contributed by atoms with Crippen LogP contribution in [0.4, 0.5) is 5.69 Å². The number of halogens is 1. The molecule has 4 rings (SSSR count). The average molecular weight is 469 g/mol. The molecule has 0 radical (unpaired) electrons. The minimum absolute atomic E-state index is 0.144. The summed E-state index contributed by atoms with van der Waals surface area (Å²) in [5, 5.41) is 8.05. The number of nitrogens with zero attached hydrogens (tertiary/aromatic N) is 3. The molecule has 0 aliphatic rings. The quantitative estimate of drug-likeness (QED) is 0.429. The van der Waals surface area contributed by atoms with Gasteiger partial charge in [-0.05, 0) is 42.8 Å². The largest absolute Gasteiger partial charge is 0.456 e. The van der Waals surface area contributed by atoms with Crippen molar-refractivity contribution in [3.05, 3.63) is 91.8 Å². The lowest BCUT2D eigenvalue weighted by Crippen LogP contribution is -2.16. The molecule has 2 aromatic carbocycles. The third-order valence-electron chi connectivity index (χ3n) is 4.49. The van der Waals surface area contributed by atoms with Crippen LogP contribution in [0.5, 0.6) is 0 Å². The second-order valence-electron chi connectivity index (χ2n) is 6.72. The molecule has 0 aliphatic carbocycles. The molecule has 162 valence electrons. The molecule has 0 spiro atoms. The zero-order chi connectivity index (χ0) is 22.7. The third kappa shape index (κ3) is 4.68. The number of hydrogen-bond acceptors (Lipinski definition) is 7. The summed E-state index contributed by atoms with van der Waals surface area (Å²) >= 11 is 7.36. The van der Waals surface area contributed by atoms with Crippen molar-refractivity contribution in [1.82, 2.24) is 14.6 Å². The van der Waals surface area contributed by atoms with E-state index in [1.807, 2.05) is 6.92 Å². The van der Waals surface area contributed by atoms with E-state index in [2.05, 4.69) is 15.4 Å². The zero-order valence-corrected chi connectivity index (χ0v) is 18.4. The van der Waals surface area contributed by atoms with Gasteiger partial charge in [0, 0.05) is 11.8 Å². The van der Waals surface area contributed by atoms with Gasteiger partial charge in [0.25, 0.3) is 11.5 Å². The predicted octanol–water partition coefficient (Wildman–Crippen LogP) is 3.98. The normalized spacial score (nSPS) is 10.8. The van der Waals surface area contributed by atoms with Crippen LogP contribution in [0.15, 0.2) is 59.4 Å². The maximum Gasteiger partial charge on any atom is 0.338 e. The van der Waals surface area contributed by atoms with Gasteiger partial charge in [-0.25, -0.2) is 9.78 Å². The summed E-state index contributed by atoms with van der Waals surface area (Å²) in [6.07, 6.45) is 0.701. The molecule has 1 amide bonds. The first kappa shape index (κ1) is 21.7. The fourth-order valence-electron chi connectivity index (χ4n) is 2.87. The predicted molar refractivity (Wildman–Crippen MR) is 121 cm³/mol. The Morgan fingerprint density at radius 1 is 1.16 bits per heavy atom. The number of carbonyl (C=O) groups excluding carboxylic acids is 2. The van der Waals surface area contributed by atoms with Gasteiger partial charge in [0.05, 0.1) is 21.8 Å². The van der Waals surface area contributed by atoms with Gasteiger partial charge in [-0.3, -0.25) is 9.59 Å². The van der Waals surface area contributed by atoms with Crippen molar-refractivity contribution in [2.75, 3.05) is 5.32 Å². The fraction of sp³-hybridized carbons (Fsp3) is 0.136. The van der Waals surface area contributed by atoms with Crippen LogP contribution in [-0.4, -0.2) is 26.5 Å². The van der Waals surface area contributed by atoms with Crippen molar-refractivity contribution < 1.29 is 14.3 Å². The molecule has 0 atom stereocenters. The first-order valence-corrected chi connectivity index (χ1v) is 10.9. The van der Waals surface area contributed by atoms with Crippen molar-refractivity contribution in [2.24, 2.45) is 0 Å². The number of carbonyl (C=O) groups is 2. The van der Waals surface area contributed by atoms with Crippen LogP contribution in [-0.2, 0) is 17.8 Å². The summed E-state index contributed by atoms with van der Waals surface area (Å²) in [4.78, 5) is 41.7. The highest BCUT2D eigenvalue weighted by Crippen LogP contribution is 2.18. The van der Waals surface area contributed by atoms with Gasteiger partial charge in [0.15, 0.2) is 0 Å². The van der Waals surface area contributed by atoms with E-state index in [0.29, 0.717) is 38.9 Å². The van der Waals surface area contributed by atoms with E-state index in [1.165, 1.54) is 34.1 Å². The molecule has 1 N–H and O–H groups in total. The van der Waals surface area contributed by atoms with Crippen LogP contribution in [0, 0.1) is 0 Å². The van der Waals surface area contributed by atoms with E-state index in [0.717, 1.165) is 5.01 Å². The standard InChI is InChI=1S/C22H17ClN4O4S/c1-2-18-26-27-19(28)11-15(25-22(27)32-18)12-31-21(30)13-7-9-14(10-8-13)24-20(29)16-5-3-4-6-17(16)23/h3-11H,2,12H2,1H3,(H,24,29). The lowest BCUT2D eigenvalue weighted by atomic mass is 10.2. The molecule has 0 saturated heterocycles. The maximum atomic E-state index is 12.4. The van der Waals surface area contributed by atoms with E-state index in [4.69, 9.17) is 16.3 Å². The van der Waals surface area contributed by atoms with E-state index in [-0.39, 0.29) is 18.1 Å². The molecular weight excluding hydrogens is 452 g/mol. The Morgan fingerprint density at radius 3 is 2.62 bits per heavy atom. The molecule has 10 heteroatoms. The lowest BCUT2D eigenvalue weighted by molar-refractivity contribution is 0.0467. The van der Waals surface area contributed by atoms with Gasteiger partial charge >= 0.3 is 5.97 Å². The van der Waals surface area contributed by atoms with E-state index in [1.54, 1.807) is 36.4 Å². The summed E-state index contributed by atoms with van der Waals surface area (Å²) < 4.78 is 6.53. The van der Waals surface area contributed by atoms with Gasteiger partial charge in [-0.1, -0.05) is 42.0 Å². The Morgan fingerprint density at radius 2 is 1.91 bits per heavy atom. The lowest BCUT2D eigenvalue weighted by Gasteiger charge is -2.08. The number of anilines is 1. The van der Waals surface area contributed by atoms with Crippen molar-refractivity contribution in [3.8, 4) is 0 Å². The molecule has 4 aromatic rings. The Kier molecular flexibility index (Phi) is 6.29. The van der Waals surface area contributed by atoms with E-state index >= 15 is 0 Å². The van der Waals surface area contributed by atoms with Gasteiger partial charge in [0.1, 0.15) is 11.6 Å². The van der Waals surface area contributed by atoms with Crippen LogP contribution in [0.1, 0.15) is 38.3 Å². The molecular formula is C22H17ClN4O4S. The number of aromatic nitrogens is 3. The van der Waals surface area contributed by atoms with Crippen molar-refractivity contribution in [3.63, 3.8) is 0 Å². The number of hydrogen-bond donors (Lipinski definition) is 1. The average Bonchev–Trinajstić information content (AvgIpc) is 3.22. The Balaban J connectivity index is 1.40. The summed E-state index contributed by atoms with van der Waals surface area (Å²) in [5.41, 5.74) is 1.17. The molecule has 32 heavy (non-hydrogen) atoms. The molecule has 0 aliphatic heterocycles. The van der Waals surface area contributed by atoms with Crippen LogP contribution in [0.25, 0.3) is 4.96 Å². The number of fused-ring (bicyclic) bond motifs is 1. The van der Waals surface area contributed by atoms with Gasteiger partial charge < -0.3 is 10.1 Å². The van der Waals surface area contributed by atoms with E-state index in [9.17, 15) is 14.4 Å². The van der Waals surface area contributed by atoms with Crippen LogP contribution < -0.4 is 10.9 Å².